The average molecular weight is 717 g/mol. The van der Waals surface area contributed by atoms with Crippen LogP contribution in [0.5, 0.6) is 0 Å². The monoisotopic (exact) mass is 716 g/mol. The lowest BCUT2D eigenvalue weighted by Gasteiger charge is -2.30. The lowest BCUT2D eigenvalue weighted by molar-refractivity contribution is -0.601. The highest BCUT2D eigenvalue weighted by Gasteiger charge is 2.41. The summed E-state index contributed by atoms with van der Waals surface area (Å²) in [5, 5.41) is 6.93. The number of anilines is 1. The van der Waals surface area contributed by atoms with Gasteiger partial charge in [0.05, 0.1) is 32.2 Å². The molecule has 0 bridgehead atoms. The maximum absolute atomic E-state index is 13.5. The van der Waals surface area contributed by atoms with E-state index in [9.17, 15) is 24.0 Å². The fourth-order valence-corrected chi connectivity index (χ4v) is 6.92. The first-order valence-corrected chi connectivity index (χ1v) is 17.9. The van der Waals surface area contributed by atoms with Crippen molar-refractivity contribution in [3.8, 4) is 22.4 Å². The summed E-state index contributed by atoms with van der Waals surface area (Å²) in [5.41, 5.74) is 4.34. The van der Waals surface area contributed by atoms with Crippen molar-refractivity contribution >= 4 is 35.6 Å². The number of imidazole rings is 1. The number of hydrogen-bond acceptors (Lipinski definition) is 8. The van der Waals surface area contributed by atoms with E-state index >= 15 is 0 Å². The Hall–Kier alpha value is -5.24. The lowest BCUT2D eigenvalue weighted by atomic mass is 10.0. The molecule has 5 N–H and O–H groups in total. The van der Waals surface area contributed by atoms with Gasteiger partial charge < -0.3 is 34.9 Å². The van der Waals surface area contributed by atoms with Crippen LogP contribution in [-0.2, 0) is 23.9 Å². The molecule has 0 saturated carbocycles. The van der Waals surface area contributed by atoms with Gasteiger partial charge in [0.2, 0.25) is 11.8 Å². The topological polar surface area (TPSA) is 180 Å². The number of carbonyl (C=O) groups excluding carboxylic acids is 5. The molecule has 5 amide bonds. The summed E-state index contributed by atoms with van der Waals surface area (Å²) in [4.78, 5) is 75.4. The quantitative estimate of drug-likeness (QED) is 0.229. The van der Waals surface area contributed by atoms with E-state index < -0.39 is 30.3 Å². The molecule has 14 heteroatoms. The SMILES string of the molecule is COC(=O)NC(C(=O)N1CCCC1c1ncc(-c2ccc(-c3ccc(NC(=O)C4CCCN4C(=O)C([NH2+]C(=O)OC)C(C)C)cc3)cc2)[nH]1)C(C)C. The van der Waals surface area contributed by atoms with Crippen LogP contribution in [0.1, 0.15) is 65.2 Å². The molecule has 3 heterocycles. The molecular formula is C38H50N7O7+. The van der Waals surface area contributed by atoms with Gasteiger partial charge in [-0.15, -0.1) is 0 Å². The minimum Gasteiger partial charge on any atom is -0.453 e. The van der Waals surface area contributed by atoms with Crippen LogP contribution in [0, 0.1) is 11.8 Å². The summed E-state index contributed by atoms with van der Waals surface area (Å²) in [6, 6.07) is 13.4. The molecule has 4 unspecified atom stereocenters. The number of benzene rings is 2. The zero-order valence-corrected chi connectivity index (χ0v) is 30.7. The minimum atomic E-state index is -0.698. The molecule has 5 rings (SSSR count). The van der Waals surface area contributed by atoms with Crippen molar-refractivity contribution in [2.24, 2.45) is 11.8 Å². The number of aromatic amines is 1. The normalized spacial score (nSPS) is 18.3. The van der Waals surface area contributed by atoms with Gasteiger partial charge in [0.1, 0.15) is 17.9 Å². The van der Waals surface area contributed by atoms with Crippen LogP contribution in [0.15, 0.2) is 54.7 Å². The Morgan fingerprint density at radius 3 is 2.04 bits per heavy atom. The molecule has 0 spiro atoms. The first-order chi connectivity index (χ1) is 24.9. The van der Waals surface area contributed by atoms with Crippen molar-refractivity contribution < 1.29 is 38.8 Å². The molecule has 52 heavy (non-hydrogen) atoms. The van der Waals surface area contributed by atoms with Gasteiger partial charge in [0.25, 0.3) is 5.91 Å². The van der Waals surface area contributed by atoms with Crippen LogP contribution in [0.4, 0.5) is 15.3 Å². The lowest BCUT2D eigenvalue weighted by Crippen LogP contribution is -2.97. The fourth-order valence-electron chi connectivity index (χ4n) is 6.92. The van der Waals surface area contributed by atoms with Crippen LogP contribution < -0.4 is 16.0 Å². The zero-order chi connectivity index (χ0) is 37.5. The van der Waals surface area contributed by atoms with Crippen molar-refractivity contribution in [1.29, 1.82) is 0 Å². The third-order valence-electron chi connectivity index (χ3n) is 9.88. The molecule has 0 radical (unpaired) electrons. The van der Waals surface area contributed by atoms with Gasteiger partial charge in [-0.3, -0.25) is 14.4 Å². The molecular weight excluding hydrogens is 666 g/mol. The van der Waals surface area contributed by atoms with Gasteiger partial charge in [-0.05, 0) is 60.4 Å². The van der Waals surface area contributed by atoms with E-state index in [2.05, 4.69) is 20.6 Å². The van der Waals surface area contributed by atoms with Gasteiger partial charge >= 0.3 is 12.2 Å². The van der Waals surface area contributed by atoms with Crippen LogP contribution >= 0.6 is 0 Å². The third-order valence-corrected chi connectivity index (χ3v) is 9.88. The molecule has 4 atom stereocenters. The summed E-state index contributed by atoms with van der Waals surface area (Å²) < 4.78 is 9.48. The number of methoxy groups -OCH3 is 2. The molecule has 2 saturated heterocycles. The number of quaternary nitrogens is 1. The summed E-state index contributed by atoms with van der Waals surface area (Å²) in [6.45, 7) is 8.54. The molecule has 278 valence electrons. The Kier molecular flexibility index (Phi) is 12.3. The van der Waals surface area contributed by atoms with Crippen LogP contribution in [-0.4, -0.2) is 95.1 Å². The maximum atomic E-state index is 13.5. The highest BCUT2D eigenvalue weighted by atomic mass is 16.5. The molecule has 2 aliphatic heterocycles. The Labute approximate surface area is 304 Å². The first-order valence-electron chi connectivity index (χ1n) is 17.9. The number of likely N-dealkylation sites (tertiary alicyclic amines) is 2. The second kappa shape index (κ2) is 16.9. The molecule has 1 aromatic heterocycles. The molecule has 3 aromatic rings. The van der Waals surface area contributed by atoms with Gasteiger partial charge in [-0.25, -0.2) is 15.1 Å². The highest BCUT2D eigenvalue weighted by Crippen LogP contribution is 2.33. The number of hydrogen-bond donors (Lipinski definition) is 4. The summed E-state index contributed by atoms with van der Waals surface area (Å²) in [5.74, 6) is -0.202. The van der Waals surface area contributed by atoms with Crippen molar-refractivity contribution in [3.63, 3.8) is 0 Å². The van der Waals surface area contributed by atoms with Gasteiger partial charge in [0, 0.05) is 24.7 Å². The number of alkyl carbamates (subject to hydrolysis) is 1. The number of ether oxygens (including phenoxy) is 2. The van der Waals surface area contributed by atoms with E-state index in [1.807, 2.05) is 76.2 Å². The first kappa shape index (κ1) is 38.0. The molecule has 2 fully saturated rings. The van der Waals surface area contributed by atoms with Gasteiger partial charge in [0.15, 0.2) is 6.04 Å². The van der Waals surface area contributed by atoms with E-state index in [0.29, 0.717) is 37.4 Å². The Morgan fingerprint density at radius 2 is 1.42 bits per heavy atom. The van der Waals surface area contributed by atoms with E-state index in [4.69, 9.17) is 9.47 Å². The molecule has 2 aliphatic rings. The highest BCUT2D eigenvalue weighted by molar-refractivity contribution is 5.98. The number of carbonyl (C=O) groups is 5. The number of rotatable bonds is 11. The number of nitrogens with two attached hydrogens (primary N) is 1. The van der Waals surface area contributed by atoms with E-state index in [1.54, 1.807) is 16.0 Å². The van der Waals surface area contributed by atoms with Crippen molar-refractivity contribution in [2.75, 3.05) is 32.6 Å². The van der Waals surface area contributed by atoms with Crippen molar-refractivity contribution in [3.05, 3.63) is 60.6 Å². The summed E-state index contributed by atoms with van der Waals surface area (Å²) in [7, 11) is 2.56. The Balaban J connectivity index is 1.21. The fraction of sp³-hybridized carbons (Fsp3) is 0.474. The zero-order valence-electron chi connectivity index (χ0n) is 30.7. The molecule has 14 nitrogen and oxygen atoms in total. The van der Waals surface area contributed by atoms with Crippen LogP contribution in [0.3, 0.4) is 0 Å². The van der Waals surface area contributed by atoms with Crippen molar-refractivity contribution in [1.82, 2.24) is 25.1 Å². The van der Waals surface area contributed by atoms with Crippen LogP contribution in [0.25, 0.3) is 22.4 Å². The van der Waals surface area contributed by atoms with E-state index in [0.717, 1.165) is 35.2 Å². The number of H-pyrrole nitrogens is 1. The van der Waals surface area contributed by atoms with E-state index in [-0.39, 0.29) is 35.6 Å². The maximum Gasteiger partial charge on any atom is 0.513 e. The molecule has 0 aliphatic carbocycles. The molecule has 2 aromatic carbocycles. The smallest absolute Gasteiger partial charge is 0.453 e. The van der Waals surface area contributed by atoms with Gasteiger partial charge in [-0.1, -0.05) is 64.1 Å². The van der Waals surface area contributed by atoms with Crippen molar-refractivity contribution in [2.45, 2.75) is 77.5 Å². The number of primary amides is 1. The largest absolute Gasteiger partial charge is 0.513 e. The second-order valence-corrected chi connectivity index (χ2v) is 14.0. The number of aromatic nitrogens is 2. The predicted octanol–water partition coefficient (Wildman–Crippen LogP) is 4.07. The summed E-state index contributed by atoms with van der Waals surface area (Å²) >= 11 is 0. The Bertz CT molecular complexity index is 1740. The van der Waals surface area contributed by atoms with Gasteiger partial charge in [-0.2, -0.15) is 4.79 Å². The average Bonchev–Trinajstić information content (AvgIpc) is 3.94. The van der Waals surface area contributed by atoms with Crippen LogP contribution in [0.2, 0.25) is 0 Å². The predicted molar refractivity (Wildman–Crippen MR) is 194 cm³/mol. The minimum absolute atomic E-state index is 0.114. The number of amides is 5. The second-order valence-electron chi connectivity index (χ2n) is 14.0. The summed E-state index contributed by atoms with van der Waals surface area (Å²) in [6.07, 6.45) is 3.43. The standard InChI is InChI=1S/C38H49N7O7/c1-22(2)31(42-37(49)51-5)35(47)44-19-7-9-29(44)33-39-21-28(41-33)26-13-11-24(12-14-26)25-15-17-27(18-16-25)40-34(46)30-10-8-20-45(30)36(48)32(23(3)4)43-38(50)52-6/h11-18,21-23,29-32H,7-10,19-20H2,1-6H3,(H,39,41)(H,40,46)(H,42,49)(H,43,50)/p+1. The third kappa shape index (κ3) is 8.61. The Morgan fingerprint density at radius 1 is 0.808 bits per heavy atom. The van der Waals surface area contributed by atoms with E-state index in [1.165, 1.54) is 19.5 Å². The number of nitrogens with zero attached hydrogens (tertiary/aromatic N) is 3. The number of nitrogens with one attached hydrogen (secondary N) is 3.